The van der Waals surface area contributed by atoms with E-state index in [0.29, 0.717) is 25.9 Å². The number of rotatable bonds is 3. The summed E-state index contributed by atoms with van der Waals surface area (Å²) < 4.78 is 5.25. The van der Waals surface area contributed by atoms with Gasteiger partial charge in [0.15, 0.2) is 0 Å². The lowest BCUT2D eigenvalue weighted by atomic mass is 9.52. The molecule has 6 rings (SSSR count). The average Bonchev–Trinajstić information content (AvgIpc) is 3.44. The van der Waals surface area contributed by atoms with Crippen molar-refractivity contribution < 1.29 is 19.4 Å². The summed E-state index contributed by atoms with van der Waals surface area (Å²) >= 11 is 0. The van der Waals surface area contributed by atoms with Crippen LogP contribution in [0.25, 0.3) is 0 Å². The third kappa shape index (κ3) is 2.86. The van der Waals surface area contributed by atoms with Crippen LogP contribution in [0, 0.1) is 5.92 Å². The first kappa shape index (κ1) is 19.3. The minimum Gasteiger partial charge on any atom is -0.508 e. The number of aliphatic hydroxyl groups is 1. The normalized spacial score (nSPS) is 32.8. The van der Waals surface area contributed by atoms with Crippen LogP contribution < -0.4 is 0 Å². The molecule has 4 aliphatic rings. The van der Waals surface area contributed by atoms with Crippen LogP contribution in [0.15, 0.2) is 35.1 Å². The standard InChI is InChI=1S/C24H29N3O4/c28-18-4-3-17-13-20-24(30)7-11-26(22(29)21-25-8-12-31-21)9-5-23(24,19(17)14-18)6-10-27(20)15-16-1-2-16/h3-4,8,12,14,16,20,28,30H,1-2,5-7,9-11,13,15H2. The van der Waals surface area contributed by atoms with E-state index in [1.54, 1.807) is 11.0 Å². The van der Waals surface area contributed by atoms with Crippen molar-refractivity contribution in [1.82, 2.24) is 14.8 Å². The number of fused-ring (bicyclic) bond motifs is 1. The van der Waals surface area contributed by atoms with Gasteiger partial charge in [0.05, 0.1) is 11.8 Å². The van der Waals surface area contributed by atoms with E-state index in [4.69, 9.17) is 4.42 Å². The van der Waals surface area contributed by atoms with E-state index in [1.807, 2.05) is 12.1 Å². The minimum atomic E-state index is -0.938. The molecule has 2 aliphatic heterocycles. The molecule has 1 saturated carbocycles. The second kappa shape index (κ2) is 6.81. The third-order valence-corrected chi connectivity index (χ3v) is 8.33. The number of aromatic nitrogens is 1. The Balaban J connectivity index is 1.41. The van der Waals surface area contributed by atoms with E-state index in [-0.39, 0.29) is 23.6 Å². The van der Waals surface area contributed by atoms with Crippen LogP contribution in [-0.2, 0) is 11.8 Å². The van der Waals surface area contributed by atoms with Crippen LogP contribution in [0.5, 0.6) is 5.75 Å². The number of carbonyl (C=O) groups excluding carboxylic acids is 1. The molecule has 3 heterocycles. The Kier molecular flexibility index (Phi) is 4.24. The molecule has 2 saturated heterocycles. The summed E-state index contributed by atoms with van der Waals surface area (Å²) in [5, 5.41) is 22.7. The van der Waals surface area contributed by atoms with Gasteiger partial charge in [-0.2, -0.15) is 0 Å². The largest absolute Gasteiger partial charge is 0.508 e. The van der Waals surface area contributed by atoms with Gasteiger partial charge in [-0.3, -0.25) is 9.69 Å². The molecule has 1 aromatic carbocycles. The smallest absolute Gasteiger partial charge is 0.309 e. The van der Waals surface area contributed by atoms with E-state index >= 15 is 0 Å². The molecule has 3 fully saturated rings. The number of oxazole rings is 1. The Hall–Kier alpha value is -2.38. The molecule has 3 atom stereocenters. The zero-order valence-corrected chi connectivity index (χ0v) is 17.7. The van der Waals surface area contributed by atoms with Gasteiger partial charge in [0.25, 0.3) is 5.89 Å². The zero-order valence-electron chi connectivity index (χ0n) is 17.7. The first-order valence-corrected chi connectivity index (χ1v) is 11.5. The fraction of sp³-hybridized carbons (Fsp3) is 0.583. The number of amides is 1. The predicted molar refractivity (Wildman–Crippen MR) is 113 cm³/mol. The van der Waals surface area contributed by atoms with Crippen molar-refractivity contribution in [2.24, 2.45) is 5.92 Å². The molecule has 164 valence electrons. The summed E-state index contributed by atoms with van der Waals surface area (Å²) in [6, 6.07) is 5.69. The van der Waals surface area contributed by atoms with Gasteiger partial charge in [-0.25, -0.2) is 4.98 Å². The number of likely N-dealkylation sites (tertiary alicyclic amines) is 2. The summed E-state index contributed by atoms with van der Waals surface area (Å²) in [4.78, 5) is 21.3. The minimum absolute atomic E-state index is 0.0377. The van der Waals surface area contributed by atoms with Crippen LogP contribution in [-0.4, -0.2) is 68.7 Å². The molecular formula is C24H29N3O4. The third-order valence-electron chi connectivity index (χ3n) is 8.33. The van der Waals surface area contributed by atoms with Gasteiger partial charge in [-0.1, -0.05) is 6.07 Å². The lowest BCUT2D eigenvalue weighted by molar-refractivity contribution is -0.149. The van der Waals surface area contributed by atoms with Gasteiger partial charge in [0.1, 0.15) is 12.0 Å². The second-order valence-electron chi connectivity index (χ2n) is 9.89. The summed E-state index contributed by atoms with van der Waals surface area (Å²) in [6.45, 7) is 3.01. The quantitative estimate of drug-likeness (QED) is 0.788. The molecule has 3 unspecified atom stereocenters. The second-order valence-corrected chi connectivity index (χ2v) is 9.89. The Labute approximate surface area is 181 Å². The monoisotopic (exact) mass is 423 g/mol. The number of hydrogen-bond donors (Lipinski definition) is 2. The molecule has 1 amide bonds. The van der Waals surface area contributed by atoms with Crippen LogP contribution in [0.3, 0.4) is 0 Å². The highest BCUT2D eigenvalue weighted by molar-refractivity contribution is 5.89. The van der Waals surface area contributed by atoms with Crippen LogP contribution in [0.1, 0.15) is 53.9 Å². The summed E-state index contributed by atoms with van der Waals surface area (Å²) in [7, 11) is 0. The number of phenols is 1. The highest BCUT2D eigenvalue weighted by Gasteiger charge is 2.63. The Morgan fingerprint density at radius 3 is 2.77 bits per heavy atom. The van der Waals surface area contributed by atoms with Gasteiger partial charge in [0.2, 0.25) is 0 Å². The van der Waals surface area contributed by atoms with Crippen molar-refractivity contribution >= 4 is 5.91 Å². The van der Waals surface area contributed by atoms with E-state index in [2.05, 4.69) is 9.88 Å². The van der Waals surface area contributed by atoms with Crippen LogP contribution in [0.4, 0.5) is 0 Å². The number of phenolic OH excluding ortho intramolecular Hbond substituents is 1. The molecule has 7 nitrogen and oxygen atoms in total. The molecular weight excluding hydrogens is 394 g/mol. The van der Waals surface area contributed by atoms with Crippen LogP contribution >= 0.6 is 0 Å². The summed E-state index contributed by atoms with van der Waals surface area (Å²) in [5.41, 5.74) is 0.894. The predicted octanol–water partition coefficient (Wildman–Crippen LogP) is 2.33. The van der Waals surface area contributed by atoms with E-state index in [0.717, 1.165) is 37.4 Å². The molecule has 0 radical (unpaired) electrons. The molecule has 2 N–H and O–H groups in total. The summed E-state index contributed by atoms with van der Waals surface area (Å²) in [5.74, 6) is 0.882. The van der Waals surface area contributed by atoms with Crippen molar-refractivity contribution in [3.05, 3.63) is 47.7 Å². The number of benzene rings is 1. The fourth-order valence-electron chi connectivity index (χ4n) is 6.53. The lowest BCUT2D eigenvalue weighted by Crippen LogP contribution is -2.71. The Morgan fingerprint density at radius 1 is 1.19 bits per heavy atom. The maximum atomic E-state index is 13.0. The van der Waals surface area contributed by atoms with Crippen molar-refractivity contribution in [2.75, 3.05) is 26.2 Å². The Morgan fingerprint density at radius 2 is 2.00 bits per heavy atom. The van der Waals surface area contributed by atoms with E-state index in [9.17, 15) is 15.0 Å². The fourth-order valence-corrected chi connectivity index (χ4v) is 6.53. The number of piperidine rings is 1. The Bertz CT molecular complexity index is 1000. The number of carbonyl (C=O) groups is 1. The molecule has 2 bridgehead atoms. The van der Waals surface area contributed by atoms with E-state index < -0.39 is 11.0 Å². The highest BCUT2D eigenvalue weighted by Crippen LogP contribution is 2.56. The molecule has 7 heteroatoms. The van der Waals surface area contributed by atoms with Crippen LogP contribution in [0.2, 0.25) is 0 Å². The molecule has 2 aromatic rings. The van der Waals surface area contributed by atoms with Crippen molar-refractivity contribution in [1.29, 1.82) is 0 Å². The molecule has 0 spiro atoms. The first-order chi connectivity index (χ1) is 15.0. The molecule has 2 aliphatic carbocycles. The van der Waals surface area contributed by atoms with Gasteiger partial charge >= 0.3 is 5.91 Å². The number of nitrogens with zero attached hydrogens (tertiary/aromatic N) is 3. The number of hydrogen-bond acceptors (Lipinski definition) is 6. The maximum absolute atomic E-state index is 13.0. The zero-order chi connectivity index (χ0) is 21.2. The number of aromatic hydroxyl groups is 1. The molecule has 31 heavy (non-hydrogen) atoms. The van der Waals surface area contributed by atoms with Crippen molar-refractivity contribution in [2.45, 2.75) is 55.6 Å². The van der Waals surface area contributed by atoms with Gasteiger partial charge < -0.3 is 19.5 Å². The SMILES string of the molecule is O=C(c1ncco1)N1CCC23CCN(CC4CC4)C(Cc4ccc(O)cc42)C3(O)CC1. The summed E-state index contributed by atoms with van der Waals surface area (Å²) in [6.07, 6.45) is 8.28. The topological polar surface area (TPSA) is 90.0 Å². The first-order valence-electron chi connectivity index (χ1n) is 11.5. The van der Waals surface area contributed by atoms with Gasteiger partial charge in [-0.05, 0) is 74.2 Å². The lowest BCUT2D eigenvalue weighted by Gasteiger charge is -2.61. The van der Waals surface area contributed by atoms with Crippen molar-refractivity contribution in [3.63, 3.8) is 0 Å². The molecule has 1 aromatic heterocycles. The van der Waals surface area contributed by atoms with Gasteiger partial charge in [0, 0.05) is 31.1 Å². The van der Waals surface area contributed by atoms with Gasteiger partial charge in [-0.15, -0.1) is 0 Å². The van der Waals surface area contributed by atoms with E-state index in [1.165, 1.54) is 30.9 Å². The highest BCUT2D eigenvalue weighted by atomic mass is 16.4. The average molecular weight is 424 g/mol. The van der Waals surface area contributed by atoms with Crippen molar-refractivity contribution in [3.8, 4) is 5.75 Å². The maximum Gasteiger partial charge on any atom is 0.309 e.